The third-order valence-corrected chi connectivity index (χ3v) is 4.68. The number of aryl methyl sites for hydroxylation is 1. The number of rotatable bonds is 0. The van der Waals surface area contributed by atoms with Gasteiger partial charge in [0, 0.05) is 22.9 Å². The van der Waals surface area contributed by atoms with Crippen LogP contribution < -0.4 is 0 Å². The molecule has 1 N–H and O–H groups in total. The molecule has 0 unspecified atom stereocenters. The summed E-state index contributed by atoms with van der Waals surface area (Å²) in [4.78, 5) is 3.45. The molecule has 0 saturated heterocycles. The van der Waals surface area contributed by atoms with Gasteiger partial charge < -0.3 is 4.98 Å². The highest BCUT2D eigenvalue weighted by atomic mass is 14.7. The molecule has 86 valence electrons. The molecule has 1 heteroatoms. The summed E-state index contributed by atoms with van der Waals surface area (Å²) in [5.74, 6) is 0. The van der Waals surface area contributed by atoms with Crippen molar-refractivity contribution in [3.8, 4) is 11.3 Å². The Morgan fingerprint density at radius 3 is 2.71 bits per heavy atom. The monoisotopic (exact) mass is 223 g/mol. The standard InChI is InChI=1S/C16H17N/c1-11-4-5-13-12(10-11)15-14(6-9-17-15)16(13)7-2-3-8-16/h4-6,9-10,17H,2-3,7-8H2,1H3. The maximum atomic E-state index is 3.45. The van der Waals surface area contributed by atoms with E-state index in [2.05, 4.69) is 42.4 Å². The lowest BCUT2D eigenvalue weighted by Crippen LogP contribution is -2.19. The van der Waals surface area contributed by atoms with Crippen LogP contribution in [-0.4, -0.2) is 4.98 Å². The zero-order chi connectivity index (χ0) is 11.5. The lowest BCUT2D eigenvalue weighted by atomic mass is 9.77. The molecule has 0 aliphatic heterocycles. The number of benzene rings is 1. The smallest absolute Gasteiger partial charge is 0.0498 e. The van der Waals surface area contributed by atoms with Crippen molar-refractivity contribution >= 4 is 0 Å². The van der Waals surface area contributed by atoms with E-state index in [1.165, 1.54) is 42.5 Å². The van der Waals surface area contributed by atoms with Crippen LogP contribution in [0.25, 0.3) is 11.3 Å². The van der Waals surface area contributed by atoms with Crippen LogP contribution in [0.15, 0.2) is 30.5 Å². The second-order valence-corrected chi connectivity index (χ2v) is 5.60. The van der Waals surface area contributed by atoms with Crippen molar-refractivity contribution in [1.29, 1.82) is 0 Å². The predicted molar refractivity (Wildman–Crippen MR) is 70.2 cm³/mol. The van der Waals surface area contributed by atoms with Gasteiger partial charge in [0.2, 0.25) is 0 Å². The van der Waals surface area contributed by atoms with E-state index in [9.17, 15) is 0 Å². The first-order valence-electron chi connectivity index (χ1n) is 6.61. The Balaban J connectivity index is 2.07. The van der Waals surface area contributed by atoms with Gasteiger partial charge in [0.1, 0.15) is 0 Å². The van der Waals surface area contributed by atoms with Crippen LogP contribution in [0, 0.1) is 6.92 Å². The number of hydrogen-bond acceptors (Lipinski definition) is 0. The Hall–Kier alpha value is -1.50. The average Bonchev–Trinajstić information content (AvgIpc) is 3.01. The summed E-state index contributed by atoms with van der Waals surface area (Å²) >= 11 is 0. The predicted octanol–water partition coefficient (Wildman–Crippen LogP) is 4.16. The fourth-order valence-corrected chi connectivity index (χ4v) is 3.94. The maximum absolute atomic E-state index is 3.45. The molecule has 1 saturated carbocycles. The van der Waals surface area contributed by atoms with Gasteiger partial charge in [0.05, 0.1) is 0 Å². The van der Waals surface area contributed by atoms with Crippen LogP contribution in [0.3, 0.4) is 0 Å². The third-order valence-electron chi connectivity index (χ3n) is 4.68. The molecular weight excluding hydrogens is 206 g/mol. The number of nitrogens with one attached hydrogen (secondary N) is 1. The topological polar surface area (TPSA) is 15.8 Å². The van der Waals surface area contributed by atoms with E-state index >= 15 is 0 Å². The fraction of sp³-hybridized carbons (Fsp3) is 0.375. The molecule has 2 aliphatic rings. The highest BCUT2D eigenvalue weighted by Crippen LogP contribution is 2.56. The van der Waals surface area contributed by atoms with Crippen LogP contribution in [0.4, 0.5) is 0 Å². The minimum atomic E-state index is 0.346. The molecule has 1 fully saturated rings. The molecular formula is C16H17N. The van der Waals surface area contributed by atoms with Crippen LogP contribution in [0.2, 0.25) is 0 Å². The van der Waals surface area contributed by atoms with Crippen LogP contribution >= 0.6 is 0 Å². The average molecular weight is 223 g/mol. The van der Waals surface area contributed by atoms with Crippen molar-refractivity contribution in [1.82, 2.24) is 4.98 Å². The Morgan fingerprint density at radius 1 is 1.06 bits per heavy atom. The van der Waals surface area contributed by atoms with Gasteiger partial charge in [0.25, 0.3) is 0 Å². The van der Waals surface area contributed by atoms with Gasteiger partial charge in [-0.15, -0.1) is 0 Å². The van der Waals surface area contributed by atoms with Crippen LogP contribution in [0.5, 0.6) is 0 Å². The van der Waals surface area contributed by atoms with Gasteiger partial charge in [0.15, 0.2) is 0 Å². The largest absolute Gasteiger partial charge is 0.361 e. The molecule has 4 rings (SSSR count). The van der Waals surface area contributed by atoms with E-state index in [1.54, 1.807) is 11.1 Å². The molecule has 2 aliphatic carbocycles. The van der Waals surface area contributed by atoms with E-state index in [-0.39, 0.29) is 0 Å². The molecule has 0 atom stereocenters. The van der Waals surface area contributed by atoms with Crippen molar-refractivity contribution in [2.75, 3.05) is 0 Å². The Bertz CT molecular complexity index is 585. The zero-order valence-electron chi connectivity index (χ0n) is 10.2. The normalized spacial score (nSPS) is 19.6. The minimum absolute atomic E-state index is 0.346. The summed E-state index contributed by atoms with van der Waals surface area (Å²) in [7, 11) is 0. The van der Waals surface area contributed by atoms with Gasteiger partial charge in [-0.05, 0) is 43.0 Å². The highest BCUT2D eigenvalue weighted by Gasteiger charge is 2.45. The second-order valence-electron chi connectivity index (χ2n) is 5.60. The molecule has 1 aromatic carbocycles. The molecule has 2 aromatic rings. The summed E-state index contributed by atoms with van der Waals surface area (Å²) in [5, 5.41) is 0. The summed E-state index contributed by atoms with van der Waals surface area (Å²) in [6, 6.07) is 9.28. The van der Waals surface area contributed by atoms with Crippen molar-refractivity contribution < 1.29 is 0 Å². The van der Waals surface area contributed by atoms with Crippen molar-refractivity contribution in [3.63, 3.8) is 0 Å². The van der Waals surface area contributed by atoms with Crippen molar-refractivity contribution in [2.24, 2.45) is 0 Å². The first-order valence-corrected chi connectivity index (χ1v) is 6.61. The van der Waals surface area contributed by atoms with Gasteiger partial charge in [-0.2, -0.15) is 0 Å². The van der Waals surface area contributed by atoms with Crippen LogP contribution in [0.1, 0.15) is 42.4 Å². The first-order chi connectivity index (χ1) is 8.31. The van der Waals surface area contributed by atoms with Gasteiger partial charge >= 0.3 is 0 Å². The van der Waals surface area contributed by atoms with Crippen LogP contribution in [-0.2, 0) is 5.41 Å². The number of aromatic amines is 1. The Labute approximate surface area is 102 Å². The number of aromatic nitrogens is 1. The molecule has 1 spiro atoms. The van der Waals surface area contributed by atoms with E-state index in [0.717, 1.165) is 0 Å². The maximum Gasteiger partial charge on any atom is 0.0498 e. The Kier molecular flexibility index (Phi) is 1.70. The highest BCUT2D eigenvalue weighted by molar-refractivity contribution is 5.79. The number of fused-ring (bicyclic) bond motifs is 5. The summed E-state index contributed by atoms with van der Waals surface area (Å²) in [6.07, 6.45) is 7.51. The molecule has 0 bridgehead atoms. The van der Waals surface area contributed by atoms with E-state index < -0.39 is 0 Å². The van der Waals surface area contributed by atoms with Crippen molar-refractivity contribution in [3.05, 3.63) is 47.2 Å². The van der Waals surface area contributed by atoms with Gasteiger partial charge in [-0.1, -0.05) is 30.5 Å². The van der Waals surface area contributed by atoms with Crippen molar-refractivity contribution in [2.45, 2.75) is 38.0 Å². The van der Waals surface area contributed by atoms with Gasteiger partial charge in [-0.3, -0.25) is 0 Å². The fourth-order valence-electron chi connectivity index (χ4n) is 3.94. The minimum Gasteiger partial charge on any atom is -0.361 e. The van der Waals surface area contributed by atoms with Gasteiger partial charge in [-0.25, -0.2) is 0 Å². The molecule has 17 heavy (non-hydrogen) atoms. The molecule has 0 amide bonds. The number of H-pyrrole nitrogens is 1. The quantitative estimate of drug-likeness (QED) is 0.690. The summed E-state index contributed by atoms with van der Waals surface area (Å²) in [5.41, 5.74) is 7.66. The molecule has 1 heterocycles. The van der Waals surface area contributed by atoms with E-state index in [4.69, 9.17) is 0 Å². The molecule has 1 nitrogen and oxygen atoms in total. The third kappa shape index (κ3) is 1.05. The summed E-state index contributed by atoms with van der Waals surface area (Å²) < 4.78 is 0. The number of hydrogen-bond donors (Lipinski definition) is 1. The second kappa shape index (κ2) is 3.04. The lowest BCUT2D eigenvalue weighted by Gasteiger charge is -2.25. The van der Waals surface area contributed by atoms with E-state index in [0.29, 0.717) is 5.41 Å². The lowest BCUT2D eigenvalue weighted by molar-refractivity contribution is 0.550. The van der Waals surface area contributed by atoms with E-state index in [1.807, 2.05) is 0 Å². The summed E-state index contributed by atoms with van der Waals surface area (Å²) in [6.45, 7) is 2.18. The first kappa shape index (κ1) is 9.52. The molecule has 0 radical (unpaired) electrons. The SMILES string of the molecule is Cc1ccc2c(c1)-c1[nH]ccc1C21CCCC1. The zero-order valence-corrected chi connectivity index (χ0v) is 10.2. The Morgan fingerprint density at radius 2 is 1.88 bits per heavy atom. The molecule has 1 aromatic heterocycles.